The van der Waals surface area contributed by atoms with Crippen molar-refractivity contribution in [3.05, 3.63) is 86.0 Å². The van der Waals surface area contributed by atoms with Gasteiger partial charge in [0.25, 0.3) is 0 Å². The zero-order chi connectivity index (χ0) is 22.2. The van der Waals surface area contributed by atoms with Crippen molar-refractivity contribution in [2.24, 2.45) is 0 Å². The number of halogens is 1. The van der Waals surface area contributed by atoms with Crippen LogP contribution in [0.3, 0.4) is 0 Å². The van der Waals surface area contributed by atoms with E-state index in [0.29, 0.717) is 28.1 Å². The van der Waals surface area contributed by atoms with Crippen LogP contribution in [0.5, 0.6) is 0 Å². The zero-order valence-electron chi connectivity index (χ0n) is 17.5. The van der Waals surface area contributed by atoms with Crippen LogP contribution >= 0.6 is 0 Å². The van der Waals surface area contributed by atoms with Crippen molar-refractivity contribution in [2.75, 3.05) is 6.61 Å². The number of carbonyl (C=O) groups excluding carboxylic acids is 2. The van der Waals surface area contributed by atoms with Gasteiger partial charge in [-0.25, -0.2) is 14.0 Å². The van der Waals surface area contributed by atoms with Crippen molar-refractivity contribution in [3.8, 4) is 5.69 Å². The topological polar surface area (TPSA) is 78.5 Å². The Hall–Kier alpha value is -3.48. The number of hydrogen-bond acceptors (Lipinski definition) is 5. The van der Waals surface area contributed by atoms with E-state index in [1.54, 1.807) is 43.5 Å². The van der Waals surface area contributed by atoms with Crippen LogP contribution in [0.4, 0.5) is 4.39 Å². The van der Waals surface area contributed by atoms with Crippen LogP contribution in [-0.2, 0) is 4.74 Å². The summed E-state index contributed by atoms with van der Waals surface area (Å²) in [4.78, 5) is 36.5. The summed E-state index contributed by atoms with van der Waals surface area (Å²) >= 11 is 0. The summed E-state index contributed by atoms with van der Waals surface area (Å²) in [7, 11) is 0. The first kappa shape index (κ1) is 21.2. The Morgan fingerprint density at radius 1 is 1.03 bits per heavy atom. The molecule has 0 radical (unpaired) electrons. The Kier molecular flexibility index (Phi) is 5.73. The molecular formula is C23H22FNO5. The number of nitrogens with zero attached hydrogens (tertiary/aromatic N) is 1. The highest BCUT2D eigenvalue weighted by Crippen LogP contribution is 2.23. The van der Waals surface area contributed by atoms with E-state index in [-0.39, 0.29) is 22.9 Å². The molecule has 0 fully saturated rings. The second-order valence-corrected chi connectivity index (χ2v) is 7.23. The minimum Gasteiger partial charge on any atom is -0.454 e. The molecule has 0 aliphatic heterocycles. The third-order valence-corrected chi connectivity index (χ3v) is 5.02. The van der Waals surface area contributed by atoms with Gasteiger partial charge in [-0.15, -0.1) is 0 Å². The second-order valence-electron chi connectivity index (χ2n) is 7.23. The van der Waals surface area contributed by atoms with Crippen molar-refractivity contribution in [1.82, 2.24) is 4.57 Å². The van der Waals surface area contributed by atoms with Crippen molar-refractivity contribution >= 4 is 11.8 Å². The highest BCUT2D eigenvalue weighted by atomic mass is 19.1. The lowest BCUT2D eigenvalue weighted by molar-refractivity contribution is 0.0469. The lowest BCUT2D eigenvalue weighted by Gasteiger charge is -2.11. The number of hydrogen-bond donors (Lipinski definition) is 0. The number of esters is 1. The van der Waals surface area contributed by atoms with Crippen LogP contribution in [0.15, 0.2) is 39.5 Å². The number of Topliss-reactive ketones (excluding diaryl/α,β-unsaturated/α-hetero) is 1. The van der Waals surface area contributed by atoms with Gasteiger partial charge >= 0.3 is 11.6 Å². The molecule has 0 N–H and O–H groups in total. The molecule has 0 saturated carbocycles. The predicted octanol–water partition coefficient (Wildman–Crippen LogP) is 4.15. The molecule has 6 nitrogen and oxygen atoms in total. The molecule has 0 bridgehead atoms. The molecule has 0 saturated heterocycles. The third-order valence-electron chi connectivity index (χ3n) is 5.02. The summed E-state index contributed by atoms with van der Waals surface area (Å²) < 4.78 is 25.9. The number of aromatic nitrogens is 1. The number of ketones is 1. The molecule has 3 aromatic rings. The van der Waals surface area contributed by atoms with Crippen molar-refractivity contribution < 1.29 is 23.1 Å². The van der Waals surface area contributed by atoms with E-state index in [9.17, 15) is 18.8 Å². The second kappa shape index (κ2) is 8.10. The minimum absolute atomic E-state index is 0.128. The first-order valence-corrected chi connectivity index (χ1v) is 9.37. The lowest BCUT2D eigenvalue weighted by Crippen LogP contribution is -2.18. The fraction of sp³-hybridized carbons (Fsp3) is 0.261. The average molecular weight is 411 g/mol. The summed E-state index contributed by atoms with van der Waals surface area (Å²) in [5.41, 5.74) is 2.88. The van der Waals surface area contributed by atoms with Crippen molar-refractivity contribution in [3.63, 3.8) is 0 Å². The fourth-order valence-corrected chi connectivity index (χ4v) is 3.51. The number of ether oxygens (including phenoxy) is 1. The molecule has 156 valence electrons. The number of aryl methyl sites for hydroxylation is 4. The highest BCUT2D eigenvalue weighted by Gasteiger charge is 2.21. The third kappa shape index (κ3) is 3.96. The summed E-state index contributed by atoms with van der Waals surface area (Å²) in [6.45, 7) is 7.85. The quantitative estimate of drug-likeness (QED) is 0.466. The Labute approximate surface area is 172 Å². The van der Waals surface area contributed by atoms with Crippen LogP contribution in [0.2, 0.25) is 0 Å². The lowest BCUT2D eigenvalue weighted by atomic mass is 10.1. The van der Waals surface area contributed by atoms with Crippen LogP contribution in [0.1, 0.15) is 49.0 Å². The molecule has 0 atom stereocenters. The number of rotatable bonds is 5. The van der Waals surface area contributed by atoms with Crippen molar-refractivity contribution in [1.29, 1.82) is 0 Å². The van der Waals surface area contributed by atoms with Crippen LogP contribution in [-0.4, -0.2) is 22.9 Å². The summed E-state index contributed by atoms with van der Waals surface area (Å²) in [6.07, 6.45) is 0. The van der Waals surface area contributed by atoms with Crippen molar-refractivity contribution in [2.45, 2.75) is 34.6 Å². The van der Waals surface area contributed by atoms with Gasteiger partial charge in [0.05, 0.1) is 0 Å². The SMILES string of the molecule is Cc1ccc(-n2c(C)cc(C(=O)COC(=O)c3c(C)cc(=O)oc3C)c2C)cc1F. The van der Waals surface area contributed by atoms with Crippen LogP contribution < -0.4 is 5.63 Å². The molecule has 7 heteroatoms. The highest BCUT2D eigenvalue weighted by molar-refractivity contribution is 6.01. The van der Waals surface area contributed by atoms with Gasteiger partial charge in [0, 0.05) is 28.7 Å². The molecule has 0 aliphatic rings. The van der Waals surface area contributed by atoms with Gasteiger partial charge in [0.1, 0.15) is 17.1 Å². The summed E-state index contributed by atoms with van der Waals surface area (Å²) in [5.74, 6) is -1.32. The predicted molar refractivity (Wildman–Crippen MR) is 109 cm³/mol. The maximum atomic E-state index is 14.0. The van der Waals surface area contributed by atoms with E-state index in [2.05, 4.69) is 0 Å². The van der Waals surface area contributed by atoms with E-state index in [1.165, 1.54) is 19.1 Å². The Balaban J connectivity index is 1.82. The molecule has 3 rings (SSSR count). The standard InChI is InChI=1S/C23H22FNO5/c1-12-6-7-17(10-19(12)24)25-14(3)9-18(15(25)4)20(26)11-29-23(28)22-13(2)8-21(27)30-16(22)5/h6-10H,11H2,1-5H3. The zero-order valence-corrected chi connectivity index (χ0v) is 17.5. The average Bonchev–Trinajstić information content (AvgIpc) is 2.95. The van der Waals surface area contributed by atoms with E-state index < -0.39 is 18.2 Å². The molecule has 0 aliphatic carbocycles. The maximum absolute atomic E-state index is 14.0. The number of benzene rings is 1. The molecule has 2 heterocycles. The molecule has 0 amide bonds. The van der Waals surface area contributed by atoms with Crippen LogP contribution in [0, 0.1) is 40.4 Å². The molecule has 30 heavy (non-hydrogen) atoms. The molecule has 1 aromatic carbocycles. The van der Waals surface area contributed by atoms with E-state index in [1.807, 2.05) is 6.92 Å². The minimum atomic E-state index is -0.739. The van der Waals surface area contributed by atoms with Crippen LogP contribution in [0.25, 0.3) is 5.69 Å². The Morgan fingerprint density at radius 3 is 2.37 bits per heavy atom. The Bertz CT molecular complexity index is 1190. The normalized spacial score (nSPS) is 10.9. The first-order valence-electron chi connectivity index (χ1n) is 9.37. The van der Waals surface area contributed by atoms with E-state index in [0.717, 1.165) is 5.69 Å². The fourth-order valence-electron chi connectivity index (χ4n) is 3.51. The molecule has 0 spiro atoms. The Morgan fingerprint density at radius 2 is 1.73 bits per heavy atom. The smallest absolute Gasteiger partial charge is 0.342 e. The summed E-state index contributed by atoms with van der Waals surface area (Å²) in [5, 5.41) is 0. The van der Waals surface area contributed by atoms with Gasteiger partial charge < -0.3 is 13.7 Å². The van der Waals surface area contributed by atoms with E-state index in [4.69, 9.17) is 9.15 Å². The first-order chi connectivity index (χ1) is 14.1. The molecular weight excluding hydrogens is 389 g/mol. The van der Waals surface area contributed by atoms with Gasteiger partial charge in [-0.1, -0.05) is 6.07 Å². The van der Waals surface area contributed by atoms with Gasteiger partial charge in [-0.05, 0) is 63.9 Å². The van der Waals surface area contributed by atoms with Gasteiger partial charge in [0.15, 0.2) is 6.61 Å². The maximum Gasteiger partial charge on any atom is 0.342 e. The number of carbonyl (C=O) groups is 2. The van der Waals surface area contributed by atoms with Gasteiger partial charge in [-0.2, -0.15) is 0 Å². The largest absolute Gasteiger partial charge is 0.454 e. The van der Waals surface area contributed by atoms with E-state index >= 15 is 0 Å². The monoisotopic (exact) mass is 411 g/mol. The van der Waals surface area contributed by atoms with Gasteiger partial charge in [0.2, 0.25) is 5.78 Å². The van der Waals surface area contributed by atoms with Gasteiger partial charge in [-0.3, -0.25) is 4.79 Å². The molecule has 2 aromatic heterocycles. The molecule has 0 unspecified atom stereocenters. The summed E-state index contributed by atoms with van der Waals surface area (Å²) in [6, 6.07) is 7.75.